The summed E-state index contributed by atoms with van der Waals surface area (Å²) in [6.07, 6.45) is 3.17. The number of fused-ring (bicyclic) bond motifs is 3. The predicted molar refractivity (Wildman–Crippen MR) is 105 cm³/mol. The molecule has 2 aromatic carbocycles. The highest BCUT2D eigenvalue weighted by molar-refractivity contribution is 6.59. The van der Waals surface area contributed by atoms with Crippen molar-refractivity contribution in [3.05, 3.63) is 65.2 Å². The molecule has 2 bridgehead atoms. The Labute approximate surface area is 164 Å². The number of aliphatic hydroxyl groups is 1. The van der Waals surface area contributed by atoms with Crippen molar-refractivity contribution in [2.24, 2.45) is 5.92 Å². The van der Waals surface area contributed by atoms with Gasteiger partial charge < -0.3 is 20.3 Å². The average molecular weight is 381 g/mol. The van der Waals surface area contributed by atoms with E-state index in [0.29, 0.717) is 16.9 Å². The Morgan fingerprint density at radius 3 is 2.25 bits per heavy atom. The molecule has 0 saturated carbocycles. The van der Waals surface area contributed by atoms with Crippen LogP contribution in [0.3, 0.4) is 0 Å². The number of aliphatic carboxylic acids is 1. The second-order valence-electron chi connectivity index (χ2n) is 7.83. The van der Waals surface area contributed by atoms with Gasteiger partial charge in [0.05, 0.1) is 0 Å². The van der Waals surface area contributed by atoms with Crippen molar-refractivity contribution in [2.45, 2.75) is 30.9 Å². The molecular formula is C21H24BNO5. The molecule has 146 valence electrons. The fraction of sp³-hybridized carbons (Fsp3) is 0.381. The molecule has 7 heteroatoms. The normalized spacial score (nSPS) is 25.9. The van der Waals surface area contributed by atoms with E-state index < -0.39 is 18.7 Å². The van der Waals surface area contributed by atoms with Gasteiger partial charge in [0, 0.05) is 6.04 Å². The Balaban J connectivity index is 1.83. The first kappa shape index (κ1) is 19.1. The van der Waals surface area contributed by atoms with E-state index in [-0.39, 0.29) is 17.2 Å². The molecule has 0 unspecified atom stereocenters. The van der Waals surface area contributed by atoms with E-state index in [4.69, 9.17) is 0 Å². The molecule has 3 aliphatic rings. The lowest BCUT2D eigenvalue weighted by atomic mass is 9.70. The number of nitrogens with zero attached hydrogens (tertiary/aromatic N) is 1. The second kappa shape index (κ2) is 7.33. The smallest absolute Gasteiger partial charge is 0.479 e. The highest BCUT2D eigenvalue weighted by atomic mass is 16.4. The highest BCUT2D eigenvalue weighted by Gasteiger charge is 2.42. The molecule has 2 aromatic rings. The molecule has 3 fully saturated rings. The van der Waals surface area contributed by atoms with E-state index >= 15 is 0 Å². The maximum atomic E-state index is 12.1. The van der Waals surface area contributed by atoms with Crippen LogP contribution in [-0.2, 0) is 10.4 Å². The fourth-order valence-corrected chi connectivity index (χ4v) is 4.71. The van der Waals surface area contributed by atoms with Crippen LogP contribution in [-0.4, -0.2) is 51.3 Å². The summed E-state index contributed by atoms with van der Waals surface area (Å²) in [6, 6.07) is 12.9. The molecule has 2 atom stereocenters. The molecule has 0 amide bonds. The minimum Gasteiger partial charge on any atom is -0.479 e. The molecule has 0 spiro atoms. The first-order chi connectivity index (χ1) is 13.4. The van der Waals surface area contributed by atoms with Gasteiger partial charge in [-0.2, -0.15) is 0 Å². The monoisotopic (exact) mass is 381 g/mol. The van der Waals surface area contributed by atoms with E-state index in [1.807, 2.05) is 0 Å². The Bertz CT molecular complexity index is 866. The summed E-state index contributed by atoms with van der Waals surface area (Å²) in [4.78, 5) is 14.4. The van der Waals surface area contributed by atoms with Crippen molar-refractivity contribution >= 4 is 18.6 Å². The van der Waals surface area contributed by atoms with E-state index in [2.05, 4.69) is 4.90 Å². The van der Waals surface area contributed by atoms with Crippen LogP contribution in [0.4, 0.5) is 0 Å². The lowest BCUT2D eigenvalue weighted by Gasteiger charge is -2.46. The summed E-state index contributed by atoms with van der Waals surface area (Å²) >= 11 is 0. The van der Waals surface area contributed by atoms with Crippen molar-refractivity contribution in [1.29, 1.82) is 0 Å². The highest BCUT2D eigenvalue weighted by Crippen LogP contribution is 2.41. The predicted octanol–water partition coefficient (Wildman–Crippen LogP) is 0.844. The van der Waals surface area contributed by atoms with Gasteiger partial charge in [-0.3, -0.25) is 4.90 Å². The summed E-state index contributed by atoms with van der Waals surface area (Å²) < 4.78 is 0. The summed E-state index contributed by atoms with van der Waals surface area (Å²) in [5.41, 5.74) is -0.683. The molecule has 4 N–H and O–H groups in total. The molecule has 0 aliphatic carbocycles. The second-order valence-corrected chi connectivity index (χ2v) is 7.83. The van der Waals surface area contributed by atoms with E-state index in [9.17, 15) is 25.1 Å². The number of rotatable bonds is 5. The lowest BCUT2D eigenvalue weighted by molar-refractivity contribution is -0.155. The number of carbonyl (C=O) groups is 1. The number of benzene rings is 2. The van der Waals surface area contributed by atoms with E-state index in [1.165, 1.54) is 12.1 Å². The largest absolute Gasteiger partial charge is 0.488 e. The SMILES string of the molecule is O=C(O)[C@@](O)(c1ccccc1)c1ccc(B(O)O)c([C@H]2CC3CCN2CC3)c1. The zero-order chi connectivity index (χ0) is 19.9. The van der Waals surface area contributed by atoms with Crippen LogP contribution >= 0.6 is 0 Å². The van der Waals surface area contributed by atoms with Crippen LogP contribution in [0.15, 0.2) is 48.5 Å². The van der Waals surface area contributed by atoms with Crippen molar-refractivity contribution in [1.82, 2.24) is 4.90 Å². The number of carboxylic acids is 1. The van der Waals surface area contributed by atoms with Gasteiger partial charge >= 0.3 is 13.1 Å². The van der Waals surface area contributed by atoms with Crippen LogP contribution in [0.5, 0.6) is 0 Å². The van der Waals surface area contributed by atoms with Gasteiger partial charge in [0.2, 0.25) is 5.60 Å². The average Bonchev–Trinajstić information content (AvgIpc) is 2.74. The third kappa shape index (κ3) is 3.14. The maximum Gasteiger partial charge on any atom is 0.488 e. The Morgan fingerprint density at radius 1 is 1.04 bits per heavy atom. The molecule has 3 aliphatic heterocycles. The molecule has 3 saturated heterocycles. The van der Waals surface area contributed by atoms with Crippen LogP contribution < -0.4 is 5.46 Å². The third-order valence-electron chi connectivity index (χ3n) is 6.29. The third-order valence-corrected chi connectivity index (χ3v) is 6.29. The molecule has 6 nitrogen and oxygen atoms in total. The summed E-state index contributed by atoms with van der Waals surface area (Å²) in [5, 5.41) is 40.8. The number of carboxylic acid groups (broad SMARTS) is 1. The topological polar surface area (TPSA) is 101 Å². The minimum atomic E-state index is -2.21. The molecule has 0 radical (unpaired) electrons. The fourth-order valence-electron chi connectivity index (χ4n) is 4.71. The van der Waals surface area contributed by atoms with Gasteiger partial charge in [0.1, 0.15) is 0 Å². The molecule has 0 aromatic heterocycles. The van der Waals surface area contributed by atoms with E-state index in [0.717, 1.165) is 32.4 Å². The molecule has 5 rings (SSSR count). The number of hydrogen-bond acceptors (Lipinski definition) is 5. The van der Waals surface area contributed by atoms with Gasteiger partial charge in [0.25, 0.3) is 0 Å². The minimum absolute atomic E-state index is 0.00179. The zero-order valence-electron chi connectivity index (χ0n) is 15.5. The van der Waals surface area contributed by atoms with Crippen molar-refractivity contribution in [3.8, 4) is 0 Å². The van der Waals surface area contributed by atoms with Crippen LogP contribution in [0.2, 0.25) is 0 Å². The molecular weight excluding hydrogens is 357 g/mol. The number of hydrogen-bond donors (Lipinski definition) is 4. The van der Waals surface area contributed by atoms with E-state index in [1.54, 1.807) is 36.4 Å². The Kier molecular flexibility index (Phi) is 5.01. The number of piperidine rings is 3. The van der Waals surface area contributed by atoms with Crippen molar-refractivity contribution < 1.29 is 25.1 Å². The Morgan fingerprint density at radius 2 is 1.71 bits per heavy atom. The standard InChI is InChI=1S/C21H24BNO5/c24-20(25)21(26,15-4-2-1-3-5-15)16-6-7-18(22(27)28)17(13-16)19-12-14-8-10-23(19)11-9-14/h1-7,13-14,19,26-28H,8-12H2,(H,24,25)/t19-,21-/m1/s1. The first-order valence-electron chi connectivity index (χ1n) is 9.67. The molecule has 28 heavy (non-hydrogen) atoms. The lowest BCUT2D eigenvalue weighted by Crippen LogP contribution is -2.47. The summed E-state index contributed by atoms with van der Waals surface area (Å²) in [7, 11) is -1.65. The van der Waals surface area contributed by atoms with Crippen LogP contribution in [0.25, 0.3) is 0 Å². The van der Waals surface area contributed by atoms with Gasteiger partial charge in [-0.25, -0.2) is 4.79 Å². The quantitative estimate of drug-likeness (QED) is 0.573. The van der Waals surface area contributed by atoms with Crippen LogP contribution in [0, 0.1) is 5.92 Å². The van der Waals surface area contributed by atoms with Crippen molar-refractivity contribution in [3.63, 3.8) is 0 Å². The zero-order valence-corrected chi connectivity index (χ0v) is 15.5. The van der Waals surface area contributed by atoms with Crippen LogP contribution in [0.1, 0.15) is 42.0 Å². The first-order valence-corrected chi connectivity index (χ1v) is 9.67. The van der Waals surface area contributed by atoms with Crippen molar-refractivity contribution in [2.75, 3.05) is 13.1 Å². The molecule has 3 heterocycles. The van der Waals surface area contributed by atoms with Gasteiger partial charge in [-0.15, -0.1) is 0 Å². The summed E-state index contributed by atoms with van der Waals surface area (Å²) in [5.74, 6) is -0.776. The summed E-state index contributed by atoms with van der Waals surface area (Å²) in [6.45, 7) is 1.89. The Hall–Kier alpha value is -2.19. The maximum absolute atomic E-state index is 12.1. The van der Waals surface area contributed by atoms with Gasteiger partial charge in [-0.05, 0) is 60.4 Å². The van der Waals surface area contributed by atoms with Gasteiger partial charge in [0.15, 0.2) is 0 Å². The van der Waals surface area contributed by atoms with Gasteiger partial charge in [-0.1, -0.05) is 48.5 Å².